The molecule has 1 heterocycles. The molecule has 0 atom stereocenters. The van der Waals surface area contributed by atoms with Gasteiger partial charge in [-0.2, -0.15) is 0 Å². The number of nitrogens with two attached hydrogens (primary N) is 1. The third kappa shape index (κ3) is 2.85. The smallest absolute Gasteiger partial charge is 0.147 e. The molecule has 6 heteroatoms. The summed E-state index contributed by atoms with van der Waals surface area (Å²) in [6.45, 7) is 1.49. The van der Waals surface area contributed by atoms with Gasteiger partial charge in [0.2, 0.25) is 0 Å². The van der Waals surface area contributed by atoms with Gasteiger partial charge in [-0.05, 0) is 30.7 Å². The van der Waals surface area contributed by atoms with Crippen molar-refractivity contribution >= 4 is 28.6 Å². The van der Waals surface area contributed by atoms with E-state index in [0.717, 1.165) is 12.1 Å². The van der Waals surface area contributed by atoms with Crippen LogP contribution in [-0.4, -0.2) is 9.97 Å². The molecule has 0 bridgehead atoms. The Hall–Kier alpha value is -2.08. The van der Waals surface area contributed by atoms with Crippen molar-refractivity contribution in [3.8, 4) is 0 Å². The highest BCUT2D eigenvalue weighted by Crippen LogP contribution is 2.24. The maximum absolute atomic E-state index is 13.7. The molecular formula is C13H11F2N3S. The molecule has 0 aliphatic heterocycles. The van der Waals surface area contributed by atoms with Crippen LogP contribution in [-0.2, 0) is 0 Å². The highest BCUT2D eigenvalue weighted by Gasteiger charge is 2.11. The van der Waals surface area contributed by atoms with Gasteiger partial charge in [-0.3, -0.25) is 4.98 Å². The fraction of sp³-hybridized carbons (Fsp3) is 0.0769. The summed E-state index contributed by atoms with van der Waals surface area (Å²) >= 11 is 4.85. The molecule has 1 aromatic carbocycles. The zero-order chi connectivity index (χ0) is 14.0. The number of pyridine rings is 1. The lowest BCUT2D eigenvalue weighted by atomic mass is 10.2. The number of aromatic nitrogens is 1. The standard InChI is InChI=1S/C13H11F2N3S/c1-7-5-9(15)11(6-8(7)14)18-10-3-2-4-17-12(10)13(16)19/h2-6,18H,1H3,(H2,16,19). The number of benzene rings is 1. The van der Waals surface area contributed by atoms with E-state index in [9.17, 15) is 8.78 Å². The summed E-state index contributed by atoms with van der Waals surface area (Å²) < 4.78 is 27.2. The maximum Gasteiger partial charge on any atom is 0.147 e. The first-order chi connectivity index (χ1) is 8.99. The third-order valence-electron chi connectivity index (χ3n) is 2.56. The normalized spacial score (nSPS) is 10.3. The minimum absolute atomic E-state index is 0.00796. The Morgan fingerprint density at radius 2 is 2.00 bits per heavy atom. The molecule has 2 rings (SSSR count). The lowest BCUT2D eigenvalue weighted by molar-refractivity contribution is 0.595. The van der Waals surface area contributed by atoms with Gasteiger partial charge in [-0.25, -0.2) is 8.78 Å². The van der Waals surface area contributed by atoms with Crippen molar-refractivity contribution in [2.45, 2.75) is 6.92 Å². The molecule has 2 aromatic rings. The van der Waals surface area contributed by atoms with E-state index in [4.69, 9.17) is 18.0 Å². The van der Waals surface area contributed by atoms with E-state index in [0.29, 0.717) is 11.4 Å². The second kappa shape index (κ2) is 5.27. The van der Waals surface area contributed by atoms with Crippen molar-refractivity contribution < 1.29 is 8.78 Å². The summed E-state index contributed by atoms with van der Waals surface area (Å²) in [6.07, 6.45) is 1.52. The van der Waals surface area contributed by atoms with E-state index in [1.54, 1.807) is 12.1 Å². The molecule has 0 unspecified atom stereocenters. The van der Waals surface area contributed by atoms with Crippen LogP contribution >= 0.6 is 12.2 Å². The van der Waals surface area contributed by atoms with E-state index < -0.39 is 11.6 Å². The molecule has 98 valence electrons. The summed E-state index contributed by atoms with van der Waals surface area (Å²) in [5.74, 6) is -1.05. The average molecular weight is 279 g/mol. The van der Waals surface area contributed by atoms with Gasteiger partial charge in [0.1, 0.15) is 22.3 Å². The monoisotopic (exact) mass is 279 g/mol. The molecular weight excluding hydrogens is 268 g/mol. The van der Waals surface area contributed by atoms with Gasteiger partial charge in [0, 0.05) is 12.3 Å². The molecule has 0 amide bonds. The van der Waals surface area contributed by atoms with Gasteiger partial charge in [0.15, 0.2) is 0 Å². The van der Waals surface area contributed by atoms with Crippen molar-refractivity contribution in [1.82, 2.24) is 4.98 Å². The number of halogens is 2. The van der Waals surface area contributed by atoms with Gasteiger partial charge in [0.05, 0.1) is 11.4 Å². The molecule has 19 heavy (non-hydrogen) atoms. The number of rotatable bonds is 3. The Balaban J connectivity index is 2.42. The Kier molecular flexibility index (Phi) is 3.71. The van der Waals surface area contributed by atoms with Crippen LogP contribution in [0.4, 0.5) is 20.2 Å². The van der Waals surface area contributed by atoms with Crippen LogP contribution in [0.15, 0.2) is 30.5 Å². The number of aryl methyl sites for hydroxylation is 1. The molecule has 1 aromatic heterocycles. The van der Waals surface area contributed by atoms with Crippen LogP contribution in [0.25, 0.3) is 0 Å². The second-order valence-corrected chi connectivity index (χ2v) is 4.41. The minimum atomic E-state index is -0.559. The number of thiocarbonyl (C=S) groups is 1. The highest BCUT2D eigenvalue weighted by molar-refractivity contribution is 7.80. The molecule has 0 aliphatic carbocycles. The van der Waals surface area contributed by atoms with Gasteiger partial charge in [-0.15, -0.1) is 0 Å². The van der Waals surface area contributed by atoms with Crippen LogP contribution in [0.3, 0.4) is 0 Å². The van der Waals surface area contributed by atoms with E-state index in [-0.39, 0.29) is 16.2 Å². The fourth-order valence-electron chi connectivity index (χ4n) is 1.59. The van der Waals surface area contributed by atoms with E-state index in [1.807, 2.05) is 0 Å². The van der Waals surface area contributed by atoms with Gasteiger partial charge in [0.25, 0.3) is 0 Å². The van der Waals surface area contributed by atoms with Crippen molar-refractivity contribution in [2.24, 2.45) is 5.73 Å². The molecule has 0 saturated heterocycles. The van der Waals surface area contributed by atoms with Crippen molar-refractivity contribution in [1.29, 1.82) is 0 Å². The second-order valence-electron chi connectivity index (χ2n) is 3.97. The number of anilines is 2. The summed E-state index contributed by atoms with van der Waals surface area (Å²) in [7, 11) is 0. The lowest BCUT2D eigenvalue weighted by Gasteiger charge is -2.11. The molecule has 3 nitrogen and oxygen atoms in total. The zero-order valence-corrected chi connectivity index (χ0v) is 10.9. The van der Waals surface area contributed by atoms with Crippen molar-refractivity contribution in [2.75, 3.05) is 5.32 Å². The first-order valence-electron chi connectivity index (χ1n) is 5.46. The molecule has 0 spiro atoms. The van der Waals surface area contributed by atoms with Crippen LogP contribution in [0, 0.1) is 18.6 Å². The SMILES string of the molecule is Cc1cc(F)c(Nc2cccnc2C(N)=S)cc1F. The maximum atomic E-state index is 13.7. The first kappa shape index (κ1) is 13.4. The quantitative estimate of drug-likeness (QED) is 0.848. The number of nitrogens with zero attached hydrogens (tertiary/aromatic N) is 1. The molecule has 0 radical (unpaired) electrons. The van der Waals surface area contributed by atoms with Crippen LogP contribution in [0.2, 0.25) is 0 Å². The Morgan fingerprint density at radius 1 is 1.26 bits per heavy atom. The predicted octanol–water partition coefficient (Wildman–Crippen LogP) is 3.05. The zero-order valence-electron chi connectivity index (χ0n) is 10.1. The van der Waals surface area contributed by atoms with E-state index in [2.05, 4.69) is 10.3 Å². The van der Waals surface area contributed by atoms with Gasteiger partial charge in [-0.1, -0.05) is 12.2 Å². The number of hydrogen-bond donors (Lipinski definition) is 2. The summed E-state index contributed by atoms with van der Waals surface area (Å²) in [6, 6.07) is 5.49. The van der Waals surface area contributed by atoms with Crippen molar-refractivity contribution in [3.05, 3.63) is 53.4 Å². The minimum Gasteiger partial charge on any atom is -0.388 e. The van der Waals surface area contributed by atoms with Crippen LogP contribution < -0.4 is 11.1 Å². The molecule has 3 N–H and O–H groups in total. The topological polar surface area (TPSA) is 50.9 Å². The lowest BCUT2D eigenvalue weighted by Crippen LogP contribution is -2.14. The number of nitrogens with one attached hydrogen (secondary N) is 1. The van der Waals surface area contributed by atoms with Crippen molar-refractivity contribution in [3.63, 3.8) is 0 Å². The highest BCUT2D eigenvalue weighted by atomic mass is 32.1. The van der Waals surface area contributed by atoms with E-state index in [1.165, 1.54) is 13.1 Å². The van der Waals surface area contributed by atoms with E-state index >= 15 is 0 Å². The fourth-order valence-corrected chi connectivity index (χ4v) is 1.75. The Labute approximate surface area is 114 Å². The largest absolute Gasteiger partial charge is 0.388 e. The van der Waals surface area contributed by atoms with Gasteiger partial charge < -0.3 is 11.1 Å². The average Bonchev–Trinajstić information content (AvgIpc) is 2.36. The third-order valence-corrected chi connectivity index (χ3v) is 2.75. The molecule has 0 saturated carbocycles. The predicted molar refractivity (Wildman–Crippen MR) is 74.5 cm³/mol. The van der Waals surface area contributed by atoms with Gasteiger partial charge >= 0.3 is 0 Å². The summed E-state index contributed by atoms with van der Waals surface area (Å²) in [5, 5.41) is 2.75. The summed E-state index contributed by atoms with van der Waals surface area (Å²) in [4.78, 5) is 4.08. The Morgan fingerprint density at radius 3 is 2.68 bits per heavy atom. The van der Waals surface area contributed by atoms with Crippen LogP contribution in [0.5, 0.6) is 0 Å². The molecule has 0 fully saturated rings. The van der Waals surface area contributed by atoms with Crippen LogP contribution in [0.1, 0.15) is 11.3 Å². The first-order valence-corrected chi connectivity index (χ1v) is 5.87. The summed E-state index contributed by atoms with van der Waals surface area (Å²) in [5.41, 5.74) is 6.53. The molecule has 0 aliphatic rings. The Bertz CT molecular complexity index is 644. The number of hydrogen-bond acceptors (Lipinski definition) is 3.